The molecule has 0 amide bonds. The first kappa shape index (κ1) is 14.6. The minimum atomic E-state index is -0.822. The third-order valence-corrected chi connectivity index (χ3v) is 3.77. The van der Waals surface area contributed by atoms with Gasteiger partial charge < -0.3 is 10.4 Å². The molecule has 0 spiro atoms. The van der Waals surface area contributed by atoms with E-state index in [1.165, 1.54) is 0 Å². The van der Waals surface area contributed by atoms with E-state index in [0.717, 1.165) is 12.1 Å². The highest BCUT2D eigenvalue weighted by atomic mass is 16.4. The van der Waals surface area contributed by atoms with E-state index in [9.17, 15) is 9.90 Å². The number of aliphatic carboxylic acids is 1. The summed E-state index contributed by atoms with van der Waals surface area (Å²) in [6, 6.07) is 5.81. The quantitative estimate of drug-likeness (QED) is 0.811. The van der Waals surface area contributed by atoms with E-state index in [1.54, 1.807) is 20.0 Å². The van der Waals surface area contributed by atoms with Gasteiger partial charge in [-0.3, -0.25) is 9.78 Å². The lowest BCUT2D eigenvalue weighted by Crippen LogP contribution is -2.55. The summed E-state index contributed by atoms with van der Waals surface area (Å²) in [4.78, 5) is 15.5. The van der Waals surface area contributed by atoms with Gasteiger partial charge in [-0.2, -0.15) is 0 Å². The first-order chi connectivity index (χ1) is 8.27. The molecule has 0 aliphatic heterocycles. The second-order valence-electron chi connectivity index (χ2n) is 5.55. The topological polar surface area (TPSA) is 62.2 Å². The van der Waals surface area contributed by atoms with Crippen LogP contribution >= 0.6 is 0 Å². The van der Waals surface area contributed by atoms with Crippen LogP contribution in [0.15, 0.2) is 24.4 Å². The van der Waals surface area contributed by atoms with Crippen molar-refractivity contribution in [2.75, 3.05) is 6.54 Å². The van der Waals surface area contributed by atoms with Crippen LogP contribution in [0.4, 0.5) is 0 Å². The molecule has 4 heteroatoms. The third-order valence-electron chi connectivity index (χ3n) is 3.77. The number of carbonyl (C=O) groups is 1. The van der Waals surface area contributed by atoms with Gasteiger partial charge in [0.2, 0.25) is 0 Å². The summed E-state index contributed by atoms with van der Waals surface area (Å²) in [5.41, 5.74) is -0.293. The predicted octanol–water partition coefficient (Wildman–Crippen LogP) is 2.10. The average Bonchev–Trinajstić information content (AvgIpc) is 2.29. The van der Waals surface area contributed by atoms with Crippen LogP contribution in [0.25, 0.3) is 0 Å². The van der Waals surface area contributed by atoms with Gasteiger partial charge in [0.15, 0.2) is 0 Å². The third kappa shape index (κ3) is 3.29. The monoisotopic (exact) mass is 250 g/mol. The minimum Gasteiger partial charge on any atom is -0.481 e. The molecule has 0 saturated heterocycles. The average molecular weight is 250 g/mol. The van der Waals surface area contributed by atoms with Gasteiger partial charge in [0.25, 0.3) is 0 Å². The highest BCUT2D eigenvalue weighted by molar-refractivity contribution is 5.75. The molecular formula is C14H22N2O2. The molecule has 0 saturated carbocycles. The summed E-state index contributed by atoms with van der Waals surface area (Å²) in [5.74, 6) is -0.794. The van der Waals surface area contributed by atoms with Gasteiger partial charge >= 0.3 is 5.97 Å². The van der Waals surface area contributed by atoms with Crippen LogP contribution in [0.5, 0.6) is 0 Å². The number of hydrogen-bond donors (Lipinski definition) is 2. The first-order valence-corrected chi connectivity index (χ1v) is 6.16. The van der Waals surface area contributed by atoms with Crippen molar-refractivity contribution in [2.24, 2.45) is 5.41 Å². The molecule has 2 N–H and O–H groups in total. The number of hydrogen-bond acceptors (Lipinski definition) is 3. The van der Waals surface area contributed by atoms with E-state index in [4.69, 9.17) is 0 Å². The zero-order valence-corrected chi connectivity index (χ0v) is 11.5. The van der Waals surface area contributed by atoms with Gasteiger partial charge in [-0.1, -0.05) is 6.07 Å². The molecule has 100 valence electrons. The van der Waals surface area contributed by atoms with Crippen molar-refractivity contribution in [3.8, 4) is 0 Å². The molecule has 1 rings (SSSR count). The second-order valence-corrected chi connectivity index (χ2v) is 5.55. The molecule has 0 bridgehead atoms. The fraction of sp³-hybridized carbons (Fsp3) is 0.571. The van der Waals surface area contributed by atoms with E-state index in [1.807, 2.05) is 32.0 Å². The normalized spacial score (nSPS) is 12.4. The lowest BCUT2D eigenvalue weighted by Gasteiger charge is -2.39. The van der Waals surface area contributed by atoms with Crippen LogP contribution < -0.4 is 5.32 Å². The van der Waals surface area contributed by atoms with Crippen LogP contribution in [0.2, 0.25) is 0 Å². The zero-order valence-electron chi connectivity index (χ0n) is 11.5. The Morgan fingerprint density at radius 2 is 2.00 bits per heavy atom. The van der Waals surface area contributed by atoms with Crippen molar-refractivity contribution in [2.45, 2.75) is 39.7 Å². The zero-order chi connectivity index (χ0) is 13.8. The molecule has 0 aliphatic carbocycles. The standard InChI is InChI=1S/C14H22N2O2/c1-13(2,12(17)18)14(3,4)16-10-8-11-7-5-6-9-15-11/h5-7,9,16H,8,10H2,1-4H3,(H,17,18). The number of nitrogens with zero attached hydrogens (tertiary/aromatic N) is 1. The van der Waals surface area contributed by atoms with Gasteiger partial charge in [-0.15, -0.1) is 0 Å². The number of carboxylic acids is 1. The molecule has 18 heavy (non-hydrogen) atoms. The van der Waals surface area contributed by atoms with Gasteiger partial charge in [0.1, 0.15) is 0 Å². The molecule has 0 atom stereocenters. The Morgan fingerprint density at radius 3 is 2.50 bits per heavy atom. The Labute approximate surface area is 108 Å². The molecule has 0 radical (unpaired) electrons. The number of rotatable bonds is 6. The predicted molar refractivity (Wildman–Crippen MR) is 71.4 cm³/mol. The Morgan fingerprint density at radius 1 is 1.33 bits per heavy atom. The summed E-state index contributed by atoms with van der Waals surface area (Å²) in [5, 5.41) is 12.5. The number of aromatic nitrogens is 1. The SMILES string of the molecule is CC(C)(NCCc1ccccn1)C(C)(C)C(=O)O. The Hall–Kier alpha value is -1.42. The highest BCUT2D eigenvalue weighted by Gasteiger charge is 2.42. The van der Waals surface area contributed by atoms with Crippen molar-refractivity contribution in [3.05, 3.63) is 30.1 Å². The molecule has 1 aromatic heterocycles. The maximum atomic E-state index is 11.2. The number of nitrogens with one attached hydrogen (secondary N) is 1. The maximum Gasteiger partial charge on any atom is 0.310 e. The summed E-state index contributed by atoms with van der Waals surface area (Å²) in [7, 11) is 0. The fourth-order valence-electron chi connectivity index (χ4n) is 1.54. The molecule has 1 aromatic rings. The Bertz CT molecular complexity index is 400. The lowest BCUT2D eigenvalue weighted by atomic mass is 9.74. The Kier molecular flexibility index (Phi) is 4.46. The number of carboxylic acid groups (broad SMARTS) is 1. The number of pyridine rings is 1. The van der Waals surface area contributed by atoms with Gasteiger partial charge in [0, 0.05) is 30.4 Å². The molecule has 0 aromatic carbocycles. The molecular weight excluding hydrogens is 228 g/mol. The summed E-state index contributed by atoms with van der Waals surface area (Å²) in [6.07, 6.45) is 2.56. The van der Waals surface area contributed by atoms with Crippen molar-refractivity contribution in [1.82, 2.24) is 10.3 Å². The van der Waals surface area contributed by atoms with Gasteiger partial charge in [-0.25, -0.2) is 0 Å². The van der Waals surface area contributed by atoms with Crippen LogP contribution in [0.1, 0.15) is 33.4 Å². The fourth-order valence-corrected chi connectivity index (χ4v) is 1.54. The molecule has 0 aliphatic rings. The van der Waals surface area contributed by atoms with E-state index < -0.39 is 16.9 Å². The second kappa shape index (κ2) is 5.48. The van der Waals surface area contributed by atoms with Crippen molar-refractivity contribution >= 4 is 5.97 Å². The molecule has 0 unspecified atom stereocenters. The lowest BCUT2D eigenvalue weighted by molar-refractivity contribution is -0.151. The Balaban J connectivity index is 2.55. The van der Waals surface area contributed by atoms with Crippen LogP contribution in [0, 0.1) is 5.41 Å². The molecule has 4 nitrogen and oxygen atoms in total. The van der Waals surface area contributed by atoms with Crippen molar-refractivity contribution < 1.29 is 9.90 Å². The largest absolute Gasteiger partial charge is 0.481 e. The summed E-state index contributed by atoms with van der Waals surface area (Å²) >= 11 is 0. The summed E-state index contributed by atoms with van der Waals surface area (Å²) < 4.78 is 0. The van der Waals surface area contributed by atoms with E-state index in [2.05, 4.69) is 10.3 Å². The van der Waals surface area contributed by atoms with Crippen LogP contribution in [-0.4, -0.2) is 28.1 Å². The van der Waals surface area contributed by atoms with E-state index in [-0.39, 0.29) is 0 Å². The van der Waals surface area contributed by atoms with E-state index >= 15 is 0 Å². The first-order valence-electron chi connectivity index (χ1n) is 6.16. The molecule has 0 fully saturated rings. The smallest absolute Gasteiger partial charge is 0.310 e. The van der Waals surface area contributed by atoms with Crippen LogP contribution in [0.3, 0.4) is 0 Å². The van der Waals surface area contributed by atoms with Crippen molar-refractivity contribution in [1.29, 1.82) is 0 Å². The van der Waals surface area contributed by atoms with Crippen LogP contribution in [-0.2, 0) is 11.2 Å². The van der Waals surface area contributed by atoms with E-state index in [0.29, 0.717) is 6.54 Å². The highest BCUT2D eigenvalue weighted by Crippen LogP contribution is 2.30. The van der Waals surface area contributed by atoms with Gasteiger partial charge in [-0.05, 0) is 39.8 Å². The minimum absolute atomic E-state index is 0.479. The maximum absolute atomic E-state index is 11.2. The summed E-state index contributed by atoms with van der Waals surface area (Å²) in [6.45, 7) is 8.02. The molecule has 1 heterocycles. The van der Waals surface area contributed by atoms with Gasteiger partial charge in [0.05, 0.1) is 5.41 Å². The van der Waals surface area contributed by atoms with Crippen molar-refractivity contribution in [3.63, 3.8) is 0 Å².